The number of hydrogen-bond donors (Lipinski definition) is 0. The second-order valence-electron chi connectivity index (χ2n) is 3.39. The maximum Gasteiger partial charge on any atom is 0.165 e. The van der Waals surface area contributed by atoms with Crippen molar-refractivity contribution in [3.8, 4) is 0 Å². The van der Waals surface area contributed by atoms with Gasteiger partial charge < -0.3 is 0 Å². The number of ketones is 1. The summed E-state index contributed by atoms with van der Waals surface area (Å²) in [4.78, 5) is 11.6. The fourth-order valence-corrected chi connectivity index (χ4v) is 1.65. The van der Waals surface area contributed by atoms with Gasteiger partial charge in [0, 0.05) is 11.5 Å². The maximum absolute atomic E-state index is 11.6. The summed E-state index contributed by atoms with van der Waals surface area (Å²) in [6, 6.07) is 0. The highest BCUT2D eigenvalue weighted by molar-refractivity contribution is 6.04. The Hall–Kier alpha value is -1.11. The highest BCUT2D eigenvalue weighted by Gasteiger charge is 2.28. The van der Waals surface area contributed by atoms with Crippen molar-refractivity contribution in [2.24, 2.45) is 5.92 Å². The third-order valence-electron chi connectivity index (χ3n) is 2.36. The molecule has 1 aliphatic carbocycles. The molecule has 1 aliphatic rings. The summed E-state index contributed by atoms with van der Waals surface area (Å²) >= 11 is 0. The number of hydrogen-bond acceptors (Lipinski definition) is 1. The van der Waals surface area contributed by atoms with Crippen LogP contribution in [0.5, 0.6) is 0 Å². The zero-order chi connectivity index (χ0) is 9.84. The van der Waals surface area contributed by atoms with Crippen molar-refractivity contribution < 1.29 is 4.79 Å². The molecule has 0 radical (unpaired) electrons. The van der Waals surface area contributed by atoms with Crippen LogP contribution in [0.25, 0.3) is 0 Å². The molecular formula is C12H16O. The molecule has 70 valence electrons. The number of Topliss-reactive ketones (excluding diaryl/α,β-unsaturated/α-hetero) is 1. The normalized spacial score (nSPS) is 29.8. The molecule has 1 rings (SSSR count). The molecule has 0 aromatic heterocycles. The van der Waals surface area contributed by atoms with Gasteiger partial charge in [-0.15, -0.1) is 0 Å². The molecule has 1 heteroatoms. The molecule has 13 heavy (non-hydrogen) atoms. The summed E-state index contributed by atoms with van der Waals surface area (Å²) in [6.07, 6.45) is 8.82. The van der Waals surface area contributed by atoms with Crippen molar-refractivity contribution in [3.63, 3.8) is 0 Å². The first-order valence-corrected chi connectivity index (χ1v) is 4.73. The first-order valence-electron chi connectivity index (χ1n) is 4.73. The van der Waals surface area contributed by atoms with E-state index >= 15 is 0 Å². The highest BCUT2D eigenvalue weighted by Crippen LogP contribution is 2.31. The number of rotatable bonds is 1. The van der Waals surface area contributed by atoms with E-state index in [1.54, 1.807) is 0 Å². The van der Waals surface area contributed by atoms with Gasteiger partial charge in [0.1, 0.15) is 0 Å². The van der Waals surface area contributed by atoms with Crippen LogP contribution in [0.2, 0.25) is 0 Å². The van der Waals surface area contributed by atoms with Gasteiger partial charge in [-0.25, -0.2) is 0 Å². The molecule has 1 nitrogen and oxygen atoms in total. The van der Waals surface area contributed by atoms with Crippen molar-refractivity contribution in [1.82, 2.24) is 0 Å². The third kappa shape index (κ3) is 1.97. The van der Waals surface area contributed by atoms with Gasteiger partial charge in [0.15, 0.2) is 5.78 Å². The lowest BCUT2D eigenvalue weighted by Crippen LogP contribution is -2.01. The first kappa shape index (κ1) is 9.97. The van der Waals surface area contributed by atoms with E-state index in [-0.39, 0.29) is 5.92 Å². The maximum atomic E-state index is 11.6. The minimum atomic E-state index is 0.169. The molecule has 0 heterocycles. The largest absolute Gasteiger partial charge is 0.294 e. The minimum absolute atomic E-state index is 0.169. The minimum Gasteiger partial charge on any atom is -0.294 e. The second kappa shape index (κ2) is 4.22. The summed E-state index contributed by atoms with van der Waals surface area (Å²) in [7, 11) is 0. The van der Waals surface area contributed by atoms with Crippen molar-refractivity contribution in [3.05, 3.63) is 35.5 Å². The van der Waals surface area contributed by atoms with Gasteiger partial charge >= 0.3 is 0 Å². The van der Waals surface area contributed by atoms with Crippen LogP contribution in [0.15, 0.2) is 35.5 Å². The van der Waals surface area contributed by atoms with Crippen molar-refractivity contribution in [1.29, 1.82) is 0 Å². The van der Waals surface area contributed by atoms with Crippen LogP contribution in [-0.4, -0.2) is 5.78 Å². The molecule has 1 fully saturated rings. The Balaban J connectivity index is 2.96. The van der Waals surface area contributed by atoms with Crippen molar-refractivity contribution in [2.45, 2.75) is 27.2 Å². The first-order chi connectivity index (χ1) is 6.20. The standard InChI is InChI=1S/C12H16O/c1-4-6-7-10-8-9(3)12(13)11(10)5-2/h4-7,9H,8H2,1-3H3/b6-4-,10-7-,11-5+. The third-order valence-corrected chi connectivity index (χ3v) is 2.36. The van der Waals surface area contributed by atoms with E-state index in [1.165, 1.54) is 5.57 Å². The molecule has 0 bridgehead atoms. The van der Waals surface area contributed by atoms with Gasteiger partial charge in [-0.3, -0.25) is 4.79 Å². The van der Waals surface area contributed by atoms with E-state index in [0.29, 0.717) is 5.78 Å². The van der Waals surface area contributed by atoms with Crippen LogP contribution >= 0.6 is 0 Å². The van der Waals surface area contributed by atoms with Crippen LogP contribution < -0.4 is 0 Å². The van der Waals surface area contributed by atoms with Gasteiger partial charge in [0.05, 0.1) is 0 Å². The average Bonchev–Trinajstić information content (AvgIpc) is 2.39. The van der Waals surface area contributed by atoms with E-state index in [4.69, 9.17) is 0 Å². The van der Waals surface area contributed by atoms with Crippen LogP contribution in [0.1, 0.15) is 27.2 Å². The van der Waals surface area contributed by atoms with E-state index in [0.717, 1.165) is 12.0 Å². The zero-order valence-electron chi connectivity index (χ0n) is 8.50. The molecule has 0 amide bonds. The lowest BCUT2D eigenvalue weighted by atomic mass is 10.1. The summed E-state index contributed by atoms with van der Waals surface area (Å²) in [5.74, 6) is 0.459. The summed E-state index contributed by atoms with van der Waals surface area (Å²) in [5.41, 5.74) is 2.09. The van der Waals surface area contributed by atoms with E-state index in [2.05, 4.69) is 0 Å². The lowest BCUT2D eigenvalue weighted by molar-refractivity contribution is -0.117. The monoisotopic (exact) mass is 176 g/mol. The van der Waals surface area contributed by atoms with Crippen LogP contribution in [0.4, 0.5) is 0 Å². The van der Waals surface area contributed by atoms with E-state index in [1.807, 2.05) is 45.1 Å². The molecule has 0 saturated heterocycles. The van der Waals surface area contributed by atoms with Crippen LogP contribution in [0.3, 0.4) is 0 Å². The molecule has 1 saturated carbocycles. The van der Waals surface area contributed by atoms with Gasteiger partial charge in [-0.2, -0.15) is 0 Å². The number of carbonyl (C=O) groups is 1. The van der Waals surface area contributed by atoms with Gasteiger partial charge in [-0.05, 0) is 25.8 Å². The Morgan fingerprint density at radius 2 is 2.08 bits per heavy atom. The molecule has 1 atom stereocenters. The predicted molar refractivity (Wildman–Crippen MR) is 55.4 cm³/mol. The molecule has 0 aliphatic heterocycles. The highest BCUT2D eigenvalue weighted by atomic mass is 16.1. The Labute approximate surface area is 79.8 Å². The van der Waals surface area contributed by atoms with Gasteiger partial charge in [0.25, 0.3) is 0 Å². The molecule has 1 unspecified atom stereocenters. The fraction of sp³-hybridized carbons (Fsp3) is 0.417. The SMILES string of the molecule is C\C=C/C=C1/CC(C)C(=O)/C1=C/C. The van der Waals surface area contributed by atoms with Crippen LogP contribution in [0, 0.1) is 5.92 Å². The molecule has 0 aromatic carbocycles. The Bertz CT molecular complexity index is 292. The Morgan fingerprint density at radius 1 is 1.38 bits per heavy atom. The zero-order valence-corrected chi connectivity index (χ0v) is 8.50. The molecule has 0 spiro atoms. The van der Waals surface area contributed by atoms with Crippen molar-refractivity contribution in [2.75, 3.05) is 0 Å². The number of carbonyl (C=O) groups excluding carboxylic acids is 1. The number of allylic oxidation sites excluding steroid dienone is 6. The fourth-order valence-electron chi connectivity index (χ4n) is 1.65. The lowest BCUT2D eigenvalue weighted by Gasteiger charge is -1.94. The van der Waals surface area contributed by atoms with Gasteiger partial charge in [0.2, 0.25) is 0 Å². The Morgan fingerprint density at radius 3 is 2.62 bits per heavy atom. The topological polar surface area (TPSA) is 17.1 Å². The average molecular weight is 176 g/mol. The summed E-state index contributed by atoms with van der Waals surface area (Å²) in [5, 5.41) is 0. The molecule has 0 aromatic rings. The van der Waals surface area contributed by atoms with E-state index < -0.39 is 0 Å². The second-order valence-corrected chi connectivity index (χ2v) is 3.39. The Kier molecular flexibility index (Phi) is 3.24. The smallest absolute Gasteiger partial charge is 0.165 e. The molecular weight excluding hydrogens is 160 g/mol. The van der Waals surface area contributed by atoms with Crippen LogP contribution in [-0.2, 0) is 4.79 Å². The van der Waals surface area contributed by atoms with Gasteiger partial charge in [-0.1, -0.05) is 31.2 Å². The quantitative estimate of drug-likeness (QED) is 0.561. The summed E-state index contributed by atoms with van der Waals surface area (Å²) in [6.45, 7) is 5.89. The summed E-state index contributed by atoms with van der Waals surface area (Å²) < 4.78 is 0. The van der Waals surface area contributed by atoms with Crippen molar-refractivity contribution >= 4 is 5.78 Å². The predicted octanol–water partition coefficient (Wildman–Crippen LogP) is 3.04. The van der Waals surface area contributed by atoms with E-state index in [9.17, 15) is 4.79 Å². The molecule has 0 N–H and O–H groups in total.